The van der Waals surface area contributed by atoms with Crippen LogP contribution in [0.3, 0.4) is 0 Å². The molecule has 0 amide bonds. The fourth-order valence-corrected chi connectivity index (χ4v) is 2.27. The van der Waals surface area contributed by atoms with E-state index in [2.05, 4.69) is 52.4 Å². The van der Waals surface area contributed by atoms with Crippen LogP contribution >= 0.6 is 24.0 Å². The Hall–Kier alpha value is -1.30. The summed E-state index contributed by atoms with van der Waals surface area (Å²) in [5.74, 6) is 0.649. The third-order valence-electron chi connectivity index (χ3n) is 3.69. The maximum Gasteiger partial charge on any atom is 0.191 e. The van der Waals surface area contributed by atoms with Crippen LogP contribution in [0.2, 0.25) is 0 Å². The number of aliphatic imine (C=N–C) groups is 1. The van der Waals surface area contributed by atoms with Crippen molar-refractivity contribution >= 4 is 40.7 Å². The number of guanidine groups is 1. The Labute approximate surface area is 136 Å². The Morgan fingerprint density at radius 2 is 1.90 bits per heavy atom. The number of halogens is 1. The van der Waals surface area contributed by atoms with E-state index >= 15 is 0 Å². The van der Waals surface area contributed by atoms with Crippen molar-refractivity contribution < 1.29 is 0 Å². The van der Waals surface area contributed by atoms with E-state index in [1.165, 1.54) is 29.2 Å². The lowest BCUT2D eigenvalue weighted by atomic mass is 10.1. The smallest absolute Gasteiger partial charge is 0.191 e. The zero-order valence-corrected chi connectivity index (χ0v) is 14.0. The van der Waals surface area contributed by atoms with Crippen LogP contribution in [0.15, 0.2) is 47.5 Å². The third-order valence-corrected chi connectivity index (χ3v) is 3.69. The second-order valence-electron chi connectivity index (χ2n) is 5.20. The van der Waals surface area contributed by atoms with Crippen LogP contribution < -0.4 is 5.73 Å². The van der Waals surface area contributed by atoms with E-state index in [1.54, 1.807) is 0 Å². The summed E-state index contributed by atoms with van der Waals surface area (Å²) in [5.41, 5.74) is 7.19. The molecule has 0 atom stereocenters. The SMILES string of the molecule is CN(C(N)=NCc1ccc2ccccc2c1)C1CC1.I. The molecule has 0 aliphatic heterocycles. The van der Waals surface area contributed by atoms with Gasteiger partial charge >= 0.3 is 0 Å². The van der Waals surface area contributed by atoms with Crippen molar-refractivity contribution in [2.24, 2.45) is 10.7 Å². The zero-order valence-electron chi connectivity index (χ0n) is 11.6. The highest BCUT2D eigenvalue weighted by Crippen LogP contribution is 2.25. The Bertz CT molecular complexity index is 620. The van der Waals surface area contributed by atoms with Gasteiger partial charge in [0.05, 0.1) is 6.54 Å². The number of hydrogen-bond donors (Lipinski definition) is 1. The van der Waals surface area contributed by atoms with E-state index in [0.29, 0.717) is 18.5 Å². The summed E-state index contributed by atoms with van der Waals surface area (Å²) in [6, 6.07) is 15.4. The summed E-state index contributed by atoms with van der Waals surface area (Å²) in [6.45, 7) is 0.647. The lowest BCUT2D eigenvalue weighted by Gasteiger charge is -2.16. The molecule has 2 aromatic carbocycles. The van der Waals surface area contributed by atoms with Crippen LogP contribution in [-0.4, -0.2) is 23.9 Å². The van der Waals surface area contributed by atoms with E-state index in [9.17, 15) is 0 Å². The van der Waals surface area contributed by atoms with Gasteiger partial charge in [-0.05, 0) is 35.2 Å². The van der Waals surface area contributed by atoms with Crippen LogP contribution in [0.5, 0.6) is 0 Å². The first-order chi connectivity index (χ1) is 9.24. The molecule has 0 bridgehead atoms. The Morgan fingerprint density at radius 1 is 1.20 bits per heavy atom. The summed E-state index contributed by atoms with van der Waals surface area (Å²) < 4.78 is 0. The molecule has 3 nitrogen and oxygen atoms in total. The average Bonchev–Trinajstić information content (AvgIpc) is 3.28. The van der Waals surface area contributed by atoms with E-state index in [-0.39, 0.29) is 24.0 Å². The first-order valence-corrected chi connectivity index (χ1v) is 6.74. The molecule has 2 N–H and O–H groups in total. The van der Waals surface area contributed by atoms with Crippen molar-refractivity contribution in [2.45, 2.75) is 25.4 Å². The van der Waals surface area contributed by atoms with Gasteiger partial charge in [-0.25, -0.2) is 4.99 Å². The van der Waals surface area contributed by atoms with Crippen molar-refractivity contribution in [3.05, 3.63) is 48.0 Å². The highest BCUT2D eigenvalue weighted by molar-refractivity contribution is 14.0. The topological polar surface area (TPSA) is 41.6 Å². The van der Waals surface area contributed by atoms with E-state index in [4.69, 9.17) is 5.73 Å². The monoisotopic (exact) mass is 381 g/mol. The number of rotatable bonds is 3. The molecule has 20 heavy (non-hydrogen) atoms. The van der Waals surface area contributed by atoms with Gasteiger partial charge in [0.15, 0.2) is 5.96 Å². The zero-order chi connectivity index (χ0) is 13.2. The van der Waals surface area contributed by atoms with Gasteiger partial charge in [-0.1, -0.05) is 36.4 Å². The van der Waals surface area contributed by atoms with Gasteiger partial charge in [0, 0.05) is 13.1 Å². The van der Waals surface area contributed by atoms with Crippen molar-refractivity contribution in [3.63, 3.8) is 0 Å². The summed E-state index contributed by atoms with van der Waals surface area (Å²) in [4.78, 5) is 6.57. The molecule has 2 aromatic rings. The van der Waals surface area contributed by atoms with Gasteiger partial charge in [-0.15, -0.1) is 24.0 Å². The lowest BCUT2D eigenvalue weighted by Crippen LogP contribution is -2.35. The molecule has 0 spiro atoms. The predicted octanol–water partition coefficient (Wildman–Crippen LogP) is 3.37. The molecule has 1 fully saturated rings. The van der Waals surface area contributed by atoms with Gasteiger partial charge in [-0.2, -0.15) is 0 Å². The maximum absolute atomic E-state index is 5.99. The molecule has 0 saturated heterocycles. The molecule has 1 saturated carbocycles. The maximum atomic E-state index is 5.99. The van der Waals surface area contributed by atoms with Crippen LogP contribution in [0.1, 0.15) is 18.4 Å². The largest absolute Gasteiger partial charge is 0.370 e. The Kier molecular flexibility index (Phi) is 4.86. The second kappa shape index (κ2) is 6.43. The van der Waals surface area contributed by atoms with Crippen LogP contribution in [0.25, 0.3) is 10.8 Å². The lowest BCUT2D eigenvalue weighted by molar-refractivity contribution is 0.487. The second-order valence-corrected chi connectivity index (χ2v) is 5.20. The minimum absolute atomic E-state index is 0. The first-order valence-electron chi connectivity index (χ1n) is 6.74. The molecule has 0 aromatic heterocycles. The molecular formula is C16H20IN3. The van der Waals surface area contributed by atoms with Crippen molar-refractivity contribution in [1.82, 2.24) is 4.90 Å². The van der Waals surface area contributed by atoms with Crippen LogP contribution in [0.4, 0.5) is 0 Å². The van der Waals surface area contributed by atoms with Crippen molar-refractivity contribution in [1.29, 1.82) is 0 Å². The first kappa shape index (κ1) is 15.1. The van der Waals surface area contributed by atoms with E-state index in [1.807, 2.05) is 7.05 Å². The highest BCUT2D eigenvalue weighted by Gasteiger charge is 2.27. The quantitative estimate of drug-likeness (QED) is 0.503. The number of nitrogens with zero attached hydrogens (tertiary/aromatic N) is 2. The Balaban J connectivity index is 0.00000147. The summed E-state index contributed by atoms with van der Waals surface area (Å²) in [6.07, 6.45) is 2.48. The molecule has 3 rings (SSSR count). The molecule has 0 unspecified atom stereocenters. The highest BCUT2D eigenvalue weighted by atomic mass is 127. The van der Waals surface area contributed by atoms with Gasteiger partial charge in [0.1, 0.15) is 0 Å². The standard InChI is InChI=1S/C16H19N3.HI/c1-19(15-8-9-15)16(17)18-11-12-6-7-13-4-2-3-5-14(13)10-12;/h2-7,10,15H,8-9,11H2,1H3,(H2,17,18);1H. The van der Waals surface area contributed by atoms with Gasteiger partial charge in [0.25, 0.3) is 0 Å². The van der Waals surface area contributed by atoms with Gasteiger partial charge in [0.2, 0.25) is 0 Å². The summed E-state index contributed by atoms with van der Waals surface area (Å²) >= 11 is 0. The van der Waals surface area contributed by atoms with E-state index in [0.717, 1.165) is 0 Å². The molecule has 106 valence electrons. The molecular weight excluding hydrogens is 361 g/mol. The van der Waals surface area contributed by atoms with Gasteiger partial charge < -0.3 is 10.6 Å². The Morgan fingerprint density at radius 3 is 2.60 bits per heavy atom. The molecule has 1 aliphatic rings. The van der Waals surface area contributed by atoms with Crippen LogP contribution in [-0.2, 0) is 6.54 Å². The van der Waals surface area contributed by atoms with Gasteiger partial charge in [-0.3, -0.25) is 0 Å². The predicted molar refractivity (Wildman–Crippen MR) is 95.5 cm³/mol. The molecule has 1 aliphatic carbocycles. The molecule has 0 radical (unpaired) electrons. The number of benzene rings is 2. The third kappa shape index (κ3) is 3.42. The fourth-order valence-electron chi connectivity index (χ4n) is 2.27. The minimum Gasteiger partial charge on any atom is -0.370 e. The fraction of sp³-hybridized carbons (Fsp3) is 0.312. The number of nitrogens with two attached hydrogens (primary N) is 1. The minimum atomic E-state index is 0. The van der Waals surface area contributed by atoms with Crippen molar-refractivity contribution in [3.8, 4) is 0 Å². The summed E-state index contributed by atoms with van der Waals surface area (Å²) in [7, 11) is 2.02. The number of hydrogen-bond acceptors (Lipinski definition) is 1. The average molecular weight is 381 g/mol. The van der Waals surface area contributed by atoms with E-state index < -0.39 is 0 Å². The normalized spacial score (nSPS) is 14.9. The summed E-state index contributed by atoms with van der Waals surface area (Å²) in [5, 5.41) is 2.52. The van der Waals surface area contributed by atoms with Crippen LogP contribution in [0, 0.1) is 0 Å². The molecule has 4 heteroatoms. The molecule has 0 heterocycles. The van der Waals surface area contributed by atoms with Crippen molar-refractivity contribution in [2.75, 3.05) is 7.05 Å². The number of fused-ring (bicyclic) bond motifs is 1.